The van der Waals surface area contributed by atoms with Crippen LogP contribution in [0, 0.1) is 5.92 Å². The van der Waals surface area contributed by atoms with Crippen LogP contribution in [0.3, 0.4) is 0 Å². The third kappa shape index (κ3) is 4.37. The molecule has 8 heteroatoms. The predicted molar refractivity (Wildman–Crippen MR) is 73.3 cm³/mol. The van der Waals surface area contributed by atoms with E-state index < -0.39 is 18.2 Å². The van der Waals surface area contributed by atoms with Gasteiger partial charge in [0.15, 0.2) is 0 Å². The van der Waals surface area contributed by atoms with Crippen molar-refractivity contribution in [1.82, 2.24) is 10.2 Å². The summed E-state index contributed by atoms with van der Waals surface area (Å²) < 4.78 is 37.9. The van der Waals surface area contributed by atoms with Crippen LogP contribution in [-0.2, 0) is 4.79 Å². The molecule has 2 atom stereocenters. The summed E-state index contributed by atoms with van der Waals surface area (Å²) in [6.45, 7) is -0.0707. The van der Waals surface area contributed by atoms with Gasteiger partial charge in [-0.25, -0.2) is 0 Å². The maximum Gasteiger partial charge on any atom is 0.471 e. The van der Waals surface area contributed by atoms with Crippen molar-refractivity contribution in [2.45, 2.75) is 18.5 Å². The molecule has 0 aromatic heterocycles. The minimum Gasteiger partial charge on any atom is -0.530 e. The van der Waals surface area contributed by atoms with Gasteiger partial charge in [0.1, 0.15) is 6.09 Å². The first kappa shape index (κ1) is 17.1. The van der Waals surface area contributed by atoms with Gasteiger partial charge in [-0.1, -0.05) is 30.3 Å². The molecule has 1 heterocycles. The number of carbonyl (C=O) groups excluding carboxylic acids is 2. The number of nitrogens with zero attached hydrogens (tertiary/aromatic N) is 1. The van der Waals surface area contributed by atoms with E-state index in [2.05, 4.69) is 5.32 Å². The van der Waals surface area contributed by atoms with Crippen molar-refractivity contribution in [2.75, 3.05) is 19.6 Å². The van der Waals surface area contributed by atoms with E-state index in [1.165, 1.54) is 0 Å². The Morgan fingerprint density at radius 3 is 2.48 bits per heavy atom. The lowest BCUT2D eigenvalue weighted by Gasteiger charge is -2.39. The molecule has 2 unspecified atom stereocenters. The summed E-state index contributed by atoms with van der Waals surface area (Å²) in [6.07, 6.45) is -6.05. The standard InChI is InChI=1S/C15H17F3N2O3/c16-15(17,18)13(21)20-7-6-11(8-19-14(22)23)12(9-20)10-4-2-1-3-5-10/h1-5,11-12,19H,6-9H2,(H,22,23)/p-1. The van der Waals surface area contributed by atoms with Gasteiger partial charge in [0, 0.05) is 25.6 Å². The van der Waals surface area contributed by atoms with Crippen LogP contribution in [0.25, 0.3) is 0 Å². The molecule has 2 rings (SSSR count). The summed E-state index contributed by atoms with van der Waals surface area (Å²) in [5.41, 5.74) is 0.775. The molecule has 0 radical (unpaired) electrons. The number of carboxylic acid groups (broad SMARTS) is 1. The van der Waals surface area contributed by atoms with Gasteiger partial charge in [-0.05, 0) is 17.9 Å². The summed E-state index contributed by atoms with van der Waals surface area (Å²) in [7, 11) is 0. The Bertz CT molecular complexity index is 563. The quantitative estimate of drug-likeness (QED) is 0.903. The highest BCUT2D eigenvalue weighted by Gasteiger charge is 2.45. The van der Waals surface area contributed by atoms with Crippen LogP contribution >= 0.6 is 0 Å². The number of likely N-dealkylation sites (tertiary alicyclic amines) is 1. The molecule has 1 fully saturated rings. The minimum atomic E-state index is -4.91. The zero-order valence-corrected chi connectivity index (χ0v) is 12.2. The van der Waals surface area contributed by atoms with Crippen molar-refractivity contribution >= 4 is 12.0 Å². The lowest BCUT2D eigenvalue weighted by atomic mass is 9.80. The summed E-state index contributed by atoms with van der Waals surface area (Å²) in [5, 5.41) is 12.7. The molecular weight excluding hydrogens is 313 g/mol. The Balaban J connectivity index is 2.17. The van der Waals surface area contributed by atoms with E-state index in [-0.39, 0.29) is 37.9 Å². The van der Waals surface area contributed by atoms with Gasteiger partial charge in [0.2, 0.25) is 0 Å². The zero-order chi connectivity index (χ0) is 17.0. The van der Waals surface area contributed by atoms with Gasteiger partial charge in [-0.15, -0.1) is 0 Å². The molecule has 0 spiro atoms. The summed E-state index contributed by atoms with van der Waals surface area (Å²) in [5.74, 6) is -2.43. The molecule has 2 amide bonds. The van der Waals surface area contributed by atoms with E-state index >= 15 is 0 Å². The third-order valence-electron chi connectivity index (χ3n) is 4.02. The van der Waals surface area contributed by atoms with Gasteiger partial charge in [0.25, 0.3) is 0 Å². The van der Waals surface area contributed by atoms with E-state index in [9.17, 15) is 27.9 Å². The molecule has 23 heavy (non-hydrogen) atoms. The van der Waals surface area contributed by atoms with Crippen LogP contribution in [0.2, 0.25) is 0 Å². The highest BCUT2D eigenvalue weighted by molar-refractivity contribution is 5.82. The van der Waals surface area contributed by atoms with Crippen molar-refractivity contribution in [1.29, 1.82) is 0 Å². The highest BCUT2D eigenvalue weighted by atomic mass is 19.4. The lowest BCUT2D eigenvalue weighted by Crippen LogP contribution is -2.50. The van der Waals surface area contributed by atoms with E-state index in [1.807, 2.05) is 0 Å². The SMILES string of the molecule is O=C([O-])NCC1CCN(C(=O)C(F)(F)F)CC1c1ccccc1. The average Bonchev–Trinajstić information content (AvgIpc) is 2.52. The molecule has 1 aromatic rings. The molecule has 1 saturated heterocycles. The second-order valence-corrected chi connectivity index (χ2v) is 5.48. The fraction of sp³-hybridized carbons (Fsp3) is 0.467. The first-order chi connectivity index (χ1) is 10.8. The van der Waals surface area contributed by atoms with Crippen LogP contribution in [0.15, 0.2) is 30.3 Å². The van der Waals surface area contributed by atoms with Crippen molar-refractivity contribution in [3.63, 3.8) is 0 Å². The van der Waals surface area contributed by atoms with E-state index in [0.29, 0.717) is 0 Å². The number of hydrogen-bond acceptors (Lipinski definition) is 3. The number of carbonyl (C=O) groups is 2. The maximum atomic E-state index is 12.6. The fourth-order valence-corrected chi connectivity index (χ4v) is 2.90. The molecule has 1 aliphatic rings. The van der Waals surface area contributed by atoms with Gasteiger partial charge >= 0.3 is 12.1 Å². The van der Waals surface area contributed by atoms with Crippen LogP contribution in [-0.4, -0.2) is 42.7 Å². The lowest BCUT2D eigenvalue weighted by molar-refractivity contribution is -0.251. The molecular formula is C15H16F3N2O3-. The number of amides is 2. The Hall–Kier alpha value is -2.25. The number of piperidine rings is 1. The number of halogens is 3. The Morgan fingerprint density at radius 2 is 1.91 bits per heavy atom. The second kappa shape index (κ2) is 6.89. The topological polar surface area (TPSA) is 72.5 Å². The molecule has 0 bridgehead atoms. The van der Waals surface area contributed by atoms with E-state index in [1.54, 1.807) is 30.3 Å². The average molecular weight is 329 g/mol. The van der Waals surface area contributed by atoms with Crippen LogP contribution in [0.4, 0.5) is 18.0 Å². The summed E-state index contributed by atoms with van der Waals surface area (Å²) in [4.78, 5) is 22.8. The molecule has 126 valence electrons. The van der Waals surface area contributed by atoms with Gasteiger partial charge < -0.3 is 20.1 Å². The second-order valence-electron chi connectivity index (χ2n) is 5.48. The monoisotopic (exact) mass is 329 g/mol. The molecule has 1 aliphatic heterocycles. The van der Waals surface area contributed by atoms with Gasteiger partial charge in [-0.2, -0.15) is 13.2 Å². The number of alkyl halides is 3. The minimum absolute atomic E-state index is 0.0545. The first-order valence-electron chi connectivity index (χ1n) is 7.15. The third-order valence-corrected chi connectivity index (χ3v) is 4.02. The van der Waals surface area contributed by atoms with Crippen LogP contribution in [0.5, 0.6) is 0 Å². The number of rotatable bonds is 3. The predicted octanol–water partition coefficient (Wildman–Crippen LogP) is 1.11. The highest BCUT2D eigenvalue weighted by Crippen LogP contribution is 2.33. The Labute approximate surface area is 131 Å². The van der Waals surface area contributed by atoms with Gasteiger partial charge in [0.05, 0.1) is 0 Å². The Kier molecular flexibility index (Phi) is 5.12. The molecule has 5 nitrogen and oxygen atoms in total. The van der Waals surface area contributed by atoms with Crippen molar-refractivity contribution in [2.24, 2.45) is 5.92 Å². The molecule has 1 N–H and O–H groups in total. The van der Waals surface area contributed by atoms with Crippen molar-refractivity contribution < 1.29 is 27.9 Å². The number of benzene rings is 1. The van der Waals surface area contributed by atoms with E-state index in [0.717, 1.165) is 10.5 Å². The maximum absolute atomic E-state index is 12.6. The largest absolute Gasteiger partial charge is 0.530 e. The molecule has 1 aromatic carbocycles. The van der Waals surface area contributed by atoms with Gasteiger partial charge in [-0.3, -0.25) is 4.79 Å². The number of hydrogen-bond donors (Lipinski definition) is 1. The zero-order valence-electron chi connectivity index (χ0n) is 12.2. The number of nitrogens with one attached hydrogen (secondary N) is 1. The van der Waals surface area contributed by atoms with Crippen molar-refractivity contribution in [3.8, 4) is 0 Å². The molecule has 0 saturated carbocycles. The summed E-state index contributed by atoms with van der Waals surface area (Å²) >= 11 is 0. The molecule has 0 aliphatic carbocycles. The Morgan fingerprint density at radius 1 is 1.26 bits per heavy atom. The van der Waals surface area contributed by atoms with Crippen LogP contribution in [0.1, 0.15) is 17.9 Å². The van der Waals surface area contributed by atoms with Crippen molar-refractivity contribution in [3.05, 3.63) is 35.9 Å². The summed E-state index contributed by atoms with van der Waals surface area (Å²) in [6, 6.07) is 8.81. The first-order valence-corrected chi connectivity index (χ1v) is 7.15. The fourth-order valence-electron chi connectivity index (χ4n) is 2.90. The normalized spacial score (nSPS) is 21.8. The smallest absolute Gasteiger partial charge is 0.471 e. The van der Waals surface area contributed by atoms with Crippen LogP contribution < -0.4 is 10.4 Å². The van der Waals surface area contributed by atoms with E-state index in [4.69, 9.17) is 0 Å².